The van der Waals surface area contributed by atoms with Crippen molar-refractivity contribution in [3.63, 3.8) is 0 Å². The number of hydrogen-bond acceptors (Lipinski definition) is 5. The van der Waals surface area contributed by atoms with E-state index in [0.29, 0.717) is 29.1 Å². The van der Waals surface area contributed by atoms with Gasteiger partial charge in [0.15, 0.2) is 5.65 Å². The van der Waals surface area contributed by atoms with Crippen LogP contribution in [0.1, 0.15) is 24.8 Å². The van der Waals surface area contributed by atoms with Crippen molar-refractivity contribution >= 4 is 17.2 Å². The number of rotatable bonds is 4. The van der Waals surface area contributed by atoms with E-state index >= 15 is 0 Å². The zero-order chi connectivity index (χ0) is 19.5. The van der Waals surface area contributed by atoms with E-state index in [1.165, 1.54) is 24.9 Å². The second-order valence-corrected chi connectivity index (χ2v) is 6.85. The number of anilines is 1. The Morgan fingerprint density at radius 3 is 2.79 bits per heavy atom. The van der Waals surface area contributed by atoms with Crippen LogP contribution in [0.25, 0.3) is 16.9 Å². The largest absolute Gasteiger partial charge is 0.325 e. The molecular formula is C20H19FN6O. The number of amides is 1. The maximum absolute atomic E-state index is 14.1. The Hall–Kier alpha value is -3.31. The zero-order valence-corrected chi connectivity index (χ0v) is 15.2. The van der Waals surface area contributed by atoms with Gasteiger partial charge in [0.25, 0.3) is 0 Å². The van der Waals surface area contributed by atoms with E-state index < -0.39 is 5.82 Å². The maximum Gasteiger partial charge on any atom is 0.238 e. The predicted octanol–water partition coefficient (Wildman–Crippen LogP) is 2.83. The van der Waals surface area contributed by atoms with Crippen molar-refractivity contribution in [2.24, 2.45) is 0 Å². The van der Waals surface area contributed by atoms with Crippen LogP contribution >= 0.6 is 0 Å². The van der Waals surface area contributed by atoms with E-state index in [1.54, 1.807) is 22.7 Å². The first-order chi connectivity index (χ1) is 13.6. The van der Waals surface area contributed by atoms with Crippen LogP contribution in [0.5, 0.6) is 0 Å². The third-order valence-corrected chi connectivity index (χ3v) is 4.86. The minimum atomic E-state index is -0.604. The van der Waals surface area contributed by atoms with Gasteiger partial charge in [0, 0.05) is 17.3 Å². The number of nitriles is 1. The average Bonchev–Trinajstić information content (AvgIpc) is 3.16. The molecule has 3 aromatic rings. The summed E-state index contributed by atoms with van der Waals surface area (Å²) < 4.78 is 15.7. The maximum atomic E-state index is 14.1. The summed E-state index contributed by atoms with van der Waals surface area (Å²) in [6, 6.07) is 9.63. The van der Waals surface area contributed by atoms with Crippen molar-refractivity contribution in [3.8, 4) is 17.3 Å². The minimum Gasteiger partial charge on any atom is -0.325 e. The second kappa shape index (κ2) is 7.74. The SMILES string of the molecule is N#Cc1ccc(-c2cc(NC(=O)CN3CCCCC3)cc3ncnn23)cc1F. The van der Waals surface area contributed by atoms with Gasteiger partial charge in [-0.15, -0.1) is 0 Å². The Morgan fingerprint density at radius 1 is 1.21 bits per heavy atom. The van der Waals surface area contributed by atoms with Crippen molar-refractivity contribution in [3.05, 3.63) is 48.0 Å². The molecule has 1 fully saturated rings. The van der Waals surface area contributed by atoms with Gasteiger partial charge in [-0.3, -0.25) is 9.69 Å². The molecule has 0 bridgehead atoms. The first-order valence-corrected chi connectivity index (χ1v) is 9.20. The number of carbonyl (C=O) groups excluding carboxylic acids is 1. The van der Waals surface area contributed by atoms with Crippen molar-refractivity contribution in [2.45, 2.75) is 19.3 Å². The number of nitrogens with one attached hydrogen (secondary N) is 1. The summed E-state index contributed by atoms with van der Waals surface area (Å²) in [5.74, 6) is -0.699. The summed E-state index contributed by atoms with van der Waals surface area (Å²) >= 11 is 0. The molecule has 0 atom stereocenters. The van der Waals surface area contributed by atoms with Crippen LogP contribution in [0.3, 0.4) is 0 Å². The molecule has 28 heavy (non-hydrogen) atoms. The standard InChI is InChI=1S/C20H19FN6O/c21-17-8-14(4-5-15(17)11-22)18-9-16(10-19-23-13-24-27(18)19)25-20(28)12-26-6-2-1-3-7-26/h4-5,8-10,13H,1-3,6-7,12H2,(H,25,28). The van der Waals surface area contributed by atoms with Gasteiger partial charge in [0.05, 0.1) is 17.8 Å². The summed E-state index contributed by atoms with van der Waals surface area (Å²) in [5.41, 5.74) is 2.20. The molecule has 1 saturated heterocycles. The predicted molar refractivity (Wildman–Crippen MR) is 102 cm³/mol. The van der Waals surface area contributed by atoms with E-state index in [0.717, 1.165) is 25.9 Å². The lowest BCUT2D eigenvalue weighted by Crippen LogP contribution is -2.36. The highest BCUT2D eigenvalue weighted by Gasteiger charge is 2.16. The van der Waals surface area contributed by atoms with Crippen molar-refractivity contribution < 1.29 is 9.18 Å². The molecule has 8 heteroatoms. The van der Waals surface area contributed by atoms with Gasteiger partial charge < -0.3 is 5.32 Å². The quantitative estimate of drug-likeness (QED) is 0.754. The lowest BCUT2D eigenvalue weighted by Gasteiger charge is -2.25. The van der Waals surface area contributed by atoms with Crippen LogP contribution in [0.15, 0.2) is 36.7 Å². The first-order valence-electron chi connectivity index (χ1n) is 9.20. The minimum absolute atomic E-state index is 0.0235. The summed E-state index contributed by atoms with van der Waals surface area (Å²) in [4.78, 5) is 18.8. The molecule has 7 nitrogen and oxygen atoms in total. The Morgan fingerprint density at radius 2 is 2.04 bits per heavy atom. The van der Waals surface area contributed by atoms with E-state index in [1.807, 2.05) is 6.07 Å². The number of aromatic nitrogens is 3. The van der Waals surface area contributed by atoms with Crippen molar-refractivity contribution in [2.75, 3.05) is 25.0 Å². The number of nitrogens with zero attached hydrogens (tertiary/aromatic N) is 5. The number of fused-ring (bicyclic) bond motifs is 1. The molecule has 4 rings (SSSR count). The number of halogens is 1. The molecule has 0 spiro atoms. The Bertz CT molecular complexity index is 1060. The fourth-order valence-corrected chi connectivity index (χ4v) is 3.49. The molecule has 1 aliphatic heterocycles. The Labute approximate surface area is 161 Å². The highest BCUT2D eigenvalue weighted by Crippen LogP contribution is 2.26. The van der Waals surface area contributed by atoms with Gasteiger partial charge in [-0.25, -0.2) is 13.9 Å². The molecule has 1 aromatic carbocycles. The highest BCUT2D eigenvalue weighted by molar-refractivity contribution is 5.93. The number of piperidine rings is 1. The van der Waals surface area contributed by atoms with E-state index in [4.69, 9.17) is 5.26 Å². The highest BCUT2D eigenvalue weighted by atomic mass is 19.1. The summed E-state index contributed by atoms with van der Waals surface area (Å²) in [7, 11) is 0. The van der Waals surface area contributed by atoms with Crippen molar-refractivity contribution in [1.82, 2.24) is 19.5 Å². The van der Waals surface area contributed by atoms with Crippen LogP contribution in [0.2, 0.25) is 0 Å². The lowest BCUT2D eigenvalue weighted by molar-refractivity contribution is -0.117. The molecule has 3 heterocycles. The fraction of sp³-hybridized carbons (Fsp3) is 0.300. The number of likely N-dealkylation sites (tertiary alicyclic amines) is 1. The molecule has 2 aromatic heterocycles. The molecule has 0 radical (unpaired) electrons. The van der Waals surface area contributed by atoms with Gasteiger partial charge in [0.1, 0.15) is 18.2 Å². The van der Waals surface area contributed by atoms with Crippen molar-refractivity contribution in [1.29, 1.82) is 5.26 Å². The summed E-state index contributed by atoms with van der Waals surface area (Å²) in [6.45, 7) is 2.22. The third-order valence-electron chi connectivity index (χ3n) is 4.86. The van der Waals surface area contributed by atoms with Crippen LogP contribution in [-0.4, -0.2) is 45.0 Å². The molecule has 142 valence electrons. The zero-order valence-electron chi connectivity index (χ0n) is 15.2. The lowest BCUT2D eigenvalue weighted by atomic mass is 10.1. The normalized spacial score (nSPS) is 14.7. The topological polar surface area (TPSA) is 86.3 Å². The smallest absolute Gasteiger partial charge is 0.238 e. The van der Waals surface area contributed by atoms with Gasteiger partial charge in [0.2, 0.25) is 5.91 Å². The molecule has 0 aliphatic carbocycles. The number of benzene rings is 1. The molecule has 1 amide bonds. The Balaban J connectivity index is 1.63. The van der Waals surface area contributed by atoms with Crippen LogP contribution in [0.4, 0.5) is 10.1 Å². The fourth-order valence-electron chi connectivity index (χ4n) is 3.49. The van der Waals surface area contributed by atoms with Crippen LogP contribution in [0, 0.1) is 17.1 Å². The van der Waals surface area contributed by atoms with Crippen LogP contribution < -0.4 is 5.32 Å². The van der Waals surface area contributed by atoms with E-state index in [9.17, 15) is 9.18 Å². The summed E-state index contributed by atoms with van der Waals surface area (Å²) in [6.07, 6.45) is 4.85. The number of carbonyl (C=O) groups is 1. The van der Waals surface area contributed by atoms with Gasteiger partial charge >= 0.3 is 0 Å². The van der Waals surface area contributed by atoms with E-state index in [-0.39, 0.29) is 11.5 Å². The monoisotopic (exact) mass is 378 g/mol. The number of hydrogen-bond donors (Lipinski definition) is 1. The second-order valence-electron chi connectivity index (χ2n) is 6.85. The average molecular weight is 378 g/mol. The van der Waals surface area contributed by atoms with E-state index in [2.05, 4.69) is 20.3 Å². The van der Waals surface area contributed by atoms with Gasteiger partial charge in [-0.05, 0) is 44.1 Å². The molecule has 0 saturated carbocycles. The first kappa shape index (κ1) is 18.1. The summed E-state index contributed by atoms with van der Waals surface area (Å²) in [5, 5.41) is 16.0. The Kier molecular flexibility index (Phi) is 5.00. The molecule has 1 aliphatic rings. The number of pyridine rings is 1. The van der Waals surface area contributed by atoms with Gasteiger partial charge in [-0.1, -0.05) is 12.5 Å². The van der Waals surface area contributed by atoms with Gasteiger partial charge in [-0.2, -0.15) is 10.4 Å². The molecule has 1 N–H and O–H groups in total. The van der Waals surface area contributed by atoms with Crippen LogP contribution in [-0.2, 0) is 4.79 Å². The molecule has 0 unspecified atom stereocenters. The molecular weight excluding hydrogens is 359 g/mol. The third kappa shape index (κ3) is 3.70.